The molecule has 0 aliphatic rings. The number of pyridine rings is 1. The van der Waals surface area contributed by atoms with E-state index in [0.717, 1.165) is 5.56 Å². The highest BCUT2D eigenvalue weighted by Crippen LogP contribution is 2.27. The second-order valence-corrected chi connectivity index (χ2v) is 5.20. The van der Waals surface area contributed by atoms with Crippen LogP contribution in [0.3, 0.4) is 0 Å². The van der Waals surface area contributed by atoms with E-state index in [1.807, 2.05) is 6.92 Å². The summed E-state index contributed by atoms with van der Waals surface area (Å²) in [7, 11) is 0. The standard InChI is InChI=1S/C15H16N2O3/c1-10-13(15(2,3)18)7-8-14(16-10)11-5-4-6-12(9-11)17(19)20/h4-9,18H,1-3H3. The number of aliphatic hydroxyl groups is 1. The Morgan fingerprint density at radius 3 is 2.50 bits per heavy atom. The van der Waals surface area contributed by atoms with Crippen molar-refractivity contribution < 1.29 is 10.0 Å². The van der Waals surface area contributed by atoms with Gasteiger partial charge in [-0.1, -0.05) is 18.2 Å². The van der Waals surface area contributed by atoms with Crippen LogP contribution in [0.4, 0.5) is 5.69 Å². The zero-order valence-electron chi connectivity index (χ0n) is 11.6. The van der Waals surface area contributed by atoms with Gasteiger partial charge in [0.05, 0.1) is 16.2 Å². The molecule has 0 unspecified atom stereocenters. The van der Waals surface area contributed by atoms with Crippen LogP contribution >= 0.6 is 0 Å². The smallest absolute Gasteiger partial charge is 0.270 e. The molecule has 2 aromatic rings. The summed E-state index contributed by atoms with van der Waals surface area (Å²) in [6.07, 6.45) is 0. The second kappa shape index (κ2) is 5.02. The first-order valence-corrected chi connectivity index (χ1v) is 6.24. The van der Waals surface area contributed by atoms with E-state index in [2.05, 4.69) is 4.98 Å². The summed E-state index contributed by atoms with van der Waals surface area (Å²) >= 11 is 0. The summed E-state index contributed by atoms with van der Waals surface area (Å²) in [6.45, 7) is 5.21. The molecular formula is C15H16N2O3. The number of nitrogens with zero attached hydrogens (tertiary/aromatic N) is 2. The topological polar surface area (TPSA) is 76.3 Å². The molecule has 0 atom stereocenters. The van der Waals surface area contributed by atoms with E-state index in [-0.39, 0.29) is 5.69 Å². The molecule has 1 N–H and O–H groups in total. The maximum atomic E-state index is 10.8. The van der Waals surface area contributed by atoms with Gasteiger partial charge in [-0.05, 0) is 26.8 Å². The van der Waals surface area contributed by atoms with Crippen molar-refractivity contribution in [3.05, 3.63) is 57.8 Å². The number of hydrogen-bond acceptors (Lipinski definition) is 4. The van der Waals surface area contributed by atoms with Crippen molar-refractivity contribution in [1.82, 2.24) is 4.98 Å². The number of rotatable bonds is 3. The maximum Gasteiger partial charge on any atom is 0.270 e. The van der Waals surface area contributed by atoms with Crippen molar-refractivity contribution >= 4 is 5.69 Å². The van der Waals surface area contributed by atoms with Crippen molar-refractivity contribution in [2.75, 3.05) is 0 Å². The minimum absolute atomic E-state index is 0.0357. The number of hydrogen-bond donors (Lipinski definition) is 1. The van der Waals surface area contributed by atoms with Gasteiger partial charge in [0.2, 0.25) is 0 Å². The minimum atomic E-state index is -0.960. The Balaban J connectivity index is 2.47. The van der Waals surface area contributed by atoms with Crippen LogP contribution in [0.5, 0.6) is 0 Å². The fourth-order valence-electron chi connectivity index (χ4n) is 2.15. The Labute approximate surface area is 117 Å². The van der Waals surface area contributed by atoms with Crippen molar-refractivity contribution in [1.29, 1.82) is 0 Å². The van der Waals surface area contributed by atoms with Gasteiger partial charge in [0.25, 0.3) is 5.69 Å². The predicted molar refractivity (Wildman–Crippen MR) is 76.3 cm³/mol. The Morgan fingerprint density at radius 1 is 1.25 bits per heavy atom. The number of non-ortho nitro benzene ring substituents is 1. The van der Waals surface area contributed by atoms with Crippen LogP contribution in [0, 0.1) is 17.0 Å². The first-order chi connectivity index (χ1) is 9.29. The molecule has 0 spiro atoms. The average Bonchev–Trinajstić information content (AvgIpc) is 2.37. The first-order valence-electron chi connectivity index (χ1n) is 6.24. The molecule has 0 aliphatic heterocycles. The molecule has 104 valence electrons. The fraction of sp³-hybridized carbons (Fsp3) is 0.267. The lowest BCUT2D eigenvalue weighted by atomic mass is 9.96. The van der Waals surface area contributed by atoms with E-state index in [9.17, 15) is 15.2 Å². The van der Waals surface area contributed by atoms with Crippen LogP contribution in [-0.4, -0.2) is 15.0 Å². The lowest BCUT2D eigenvalue weighted by Crippen LogP contribution is -2.17. The van der Waals surface area contributed by atoms with Gasteiger partial charge in [-0.15, -0.1) is 0 Å². The lowest BCUT2D eigenvalue weighted by molar-refractivity contribution is -0.384. The molecule has 0 fully saturated rings. The summed E-state index contributed by atoms with van der Waals surface area (Å²) in [5, 5.41) is 20.8. The van der Waals surface area contributed by atoms with Crippen LogP contribution in [0.2, 0.25) is 0 Å². The number of aryl methyl sites for hydroxylation is 1. The van der Waals surface area contributed by atoms with E-state index in [1.165, 1.54) is 12.1 Å². The molecule has 5 nitrogen and oxygen atoms in total. The average molecular weight is 272 g/mol. The van der Waals surface area contributed by atoms with Crippen molar-refractivity contribution in [2.45, 2.75) is 26.4 Å². The molecule has 0 aliphatic carbocycles. The summed E-state index contributed by atoms with van der Waals surface area (Å²) in [4.78, 5) is 14.8. The van der Waals surface area contributed by atoms with Gasteiger partial charge in [0, 0.05) is 29.0 Å². The van der Waals surface area contributed by atoms with Gasteiger partial charge < -0.3 is 5.11 Å². The molecule has 0 saturated heterocycles. The molecule has 5 heteroatoms. The van der Waals surface area contributed by atoms with Gasteiger partial charge in [-0.25, -0.2) is 0 Å². The Kier molecular flexibility index (Phi) is 3.55. The highest BCUT2D eigenvalue weighted by atomic mass is 16.6. The van der Waals surface area contributed by atoms with E-state index in [4.69, 9.17) is 0 Å². The molecule has 0 saturated carbocycles. The number of benzene rings is 1. The summed E-state index contributed by atoms with van der Waals surface area (Å²) in [5.41, 5.74) is 1.86. The quantitative estimate of drug-likeness (QED) is 0.687. The van der Waals surface area contributed by atoms with Crippen LogP contribution in [0.25, 0.3) is 11.3 Å². The minimum Gasteiger partial charge on any atom is -0.386 e. The molecular weight excluding hydrogens is 256 g/mol. The van der Waals surface area contributed by atoms with Gasteiger partial charge in [0.15, 0.2) is 0 Å². The van der Waals surface area contributed by atoms with Crippen molar-refractivity contribution in [2.24, 2.45) is 0 Å². The SMILES string of the molecule is Cc1nc(-c2cccc([N+](=O)[O-])c2)ccc1C(C)(C)O. The zero-order chi connectivity index (χ0) is 14.9. The van der Waals surface area contributed by atoms with E-state index in [0.29, 0.717) is 17.0 Å². The third-order valence-corrected chi connectivity index (χ3v) is 3.10. The molecule has 0 bridgehead atoms. The van der Waals surface area contributed by atoms with E-state index < -0.39 is 10.5 Å². The molecule has 1 aromatic heterocycles. The second-order valence-electron chi connectivity index (χ2n) is 5.20. The maximum absolute atomic E-state index is 10.8. The lowest BCUT2D eigenvalue weighted by Gasteiger charge is -2.20. The van der Waals surface area contributed by atoms with E-state index in [1.54, 1.807) is 38.1 Å². The van der Waals surface area contributed by atoms with Crippen molar-refractivity contribution in [3.8, 4) is 11.3 Å². The normalized spacial score (nSPS) is 11.4. The van der Waals surface area contributed by atoms with E-state index >= 15 is 0 Å². The third kappa shape index (κ3) is 2.83. The number of nitro groups is 1. The molecule has 20 heavy (non-hydrogen) atoms. The monoisotopic (exact) mass is 272 g/mol. The highest BCUT2D eigenvalue weighted by molar-refractivity contribution is 5.63. The summed E-state index contributed by atoms with van der Waals surface area (Å²) < 4.78 is 0. The molecule has 2 rings (SSSR count). The Morgan fingerprint density at radius 2 is 1.95 bits per heavy atom. The zero-order valence-corrected chi connectivity index (χ0v) is 11.6. The Bertz CT molecular complexity index is 660. The highest BCUT2D eigenvalue weighted by Gasteiger charge is 2.19. The number of nitro benzene ring substituents is 1. The first kappa shape index (κ1) is 14.1. The summed E-state index contributed by atoms with van der Waals surface area (Å²) in [5.74, 6) is 0. The van der Waals surface area contributed by atoms with Crippen molar-refractivity contribution in [3.63, 3.8) is 0 Å². The largest absolute Gasteiger partial charge is 0.386 e. The third-order valence-electron chi connectivity index (χ3n) is 3.10. The van der Waals surface area contributed by atoms with Gasteiger partial charge >= 0.3 is 0 Å². The fourth-order valence-corrected chi connectivity index (χ4v) is 2.15. The van der Waals surface area contributed by atoms with Gasteiger partial charge in [-0.2, -0.15) is 0 Å². The van der Waals surface area contributed by atoms with Gasteiger partial charge in [0.1, 0.15) is 0 Å². The van der Waals surface area contributed by atoms with Crippen LogP contribution in [0.1, 0.15) is 25.1 Å². The summed E-state index contributed by atoms with van der Waals surface area (Å²) in [6, 6.07) is 9.91. The van der Waals surface area contributed by atoms with Crippen LogP contribution < -0.4 is 0 Å². The number of aromatic nitrogens is 1. The molecule has 1 heterocycles. The van der Waals surface area contributed by atoms with Gasteiger partial charge in [-0.3, -0.25) is 15.1 Å². The molecule has 1 aromatic carbocycles. The molecule has 0 amide bonds. The molecule has 0 radical (unpaired) electrons. The Hall–Kier alpha value is -2.27. The predicted octanol–water partition coefficient (Wildman–Crippen LogP) is 3.19. The van der Waals surface area contributed by atoms with Crippen LogP contribution in [-0.2, 0) is 5.60 Å². The van der Waals surface area contributed by atoms with Crippen LogP contribution in [0.15, 0.2) is 36.4 Å².